The molecule has 0 saturated carbocycles. The third-order valence-corrected chi connectivity index (χ3v) is 2.47. The van der Waals surface area contributed by atoms with Crippen LogP contribution in [-0.4, -0.2) is 18.3 Å². The summed E-state index contributed by atoms with van der Waals surface area (Å²) in [6, 6.07) is 9.93. The van der Waals surface area contributed by atoms with Gasteiger partial charge in [0.05, 0.1) is 18.2 Å². The van der Waals surface area contributed by atoms with Gasteiger partial charge in [0.1, 0.15) is 0 Å². The Morgan fingerprint density at radius 1 is 1.40 bits per heavy atom. The zero-order valence-corrected chi connectivity index (χ0v) is 8.60. The third kappa shape index (κ3) is 1.72. The molecular formula is C12H12N2O. The van der Waals surface area contributed by atoms with Crippen LogP contribution in [0.25, 0.3) is 10.9 Å². The molecule has 1 aromatic carbocycles. The Balaban J connectivity index is 2.47. The van der Waals surface area contributed by atoms with E-state index in [-0.39, 0.29) is 0 Å². The summed E-state index contributed by atoms with van der Waals surface area (Å²) in [7, 11) is 1.69. The second-order valence-electron chi connectivity index (χ2n) is 3.35. The van der Waals surface area contributed by atoms with Crippen molar-refractivity contribution in [1.29, 1.82) is 5.26 Å². The van der Waals surface area contributed by atoms with E-state index in [1.165, 1.54) is 0 Å². The first kappa shape index (κ1) is 9.75. The van der Waals surface area contributed by atoms with Gasteiger partial charge >= 0.3 is 0 Å². The van der Waals surface area contributed by atoms with Gasteiger partial charge in [-0.25, -0.2) is 0 Å². The molecule has 1 aromatic heterocycles. The summed E-state index contributed by atoms with van der Waals surface area (Å²) in [6.45, 7) is 1.50. The lowest BCUT2D eigenvalue weighted by Gasteiger charge is -2.04. The fraction of sp³-hybridized carbons (Fsp3) is 0.250. The van der Waals surface area contributed by atoms with Gasteiger partial charge in [0.15, 0.2) is 0 Å². The van der Waals surface area contributed by atoms with E-state index < -0.39 is 0 Å². The highest BCUT2D eigenvalue weighted by Gasteiger charge is 2.04. The van der Waals surface area contributed by atoms with Crippen molar-refractivity contribution in [3.8, 4) is 6.07 Å². The van der Waals surface area contributed by atoms with E-state index in [1.54, 1.807) is 7.11 Å². The first-order valence-corrected chi connectivity index (χ1v) is 4.83. The normalized spacial score (nSPS) is 10.4. The summed E-state index contributed by atoms with van der Waals surface area (Å²) < 4.78 is 7.13. The van der Waals surface area contributed by atoms with E-state index >= 15 is 0 Å². The Hall–Kier alpha value is -1.79. The van der Waals surface area contributed by atoms with Crippen LogP contribution < -0.4 is 0 Å². The average molecular weight is 200 g/mol. The molecule has 2 aromatic rings. The van der Waals surface area contributed by atoms with Gasteiger partial charge in [-0.15, -0.1) is 0 Å². The quantitative estimate of drug-likeness (QED) is 0.761. The Kier molecular flexibility index (Phi) is 2.70. The molecule has 0 bridgehead atoms. The second kappa shape index (κ2) is 4.16. The predicted octanol–water partition coefficient (Wildman–Crippen LogP) is 2.16. The van der Waals surface area contributed by atoms with Crippen LogP contribution in [0.1, 0.15) is 5.56 Å². The zero-order chi connectivity index (χ0) is 10.7. The number of methoxy groups -OCH3 is 1. The molecule has 0 aliphatic heterocycles. The largest absolute Gasteiger partial charge is 0.383 e. The molecule has 0 aliphatic carbocycles. The molecule has 0 spiro atoms. The Labute approximate surface area is 88.5 Å². The van der Waals surface area contributed by atoms with Gasteiger partial charge in [0.2, 0.25) is 0 Å². The Morgan fingerprint density at radius 2 is 2.27 bits per heavy atom. The summed E-state index contributed by atoms with van der Waals surface area (Å²) in [6.07, 6.45) is 1.99. The maximum Gasteiger partial charge on any atom is 0.0998 e. The van der Waals surface area contributed by atoms with Crippen LogP contribution in [0.3, 0.4) is 0 Å². The summed E-state index contributed by atoms with van der Waals surface area (Å²) in [4.78, 5) is 0. The fourth-order valence-electron chi connectivity index (χ4n) is 1.71. The van der Waals surface area contributed by atoms with Crippen molar-refractivity contribution in [2.24, 2.45) is 0 Å². The van der Waals surface area contributed by atoms with Crippen LogP contribution in [0.15, 0.2) is 30.5 Å². The molecule has 3 heteroatoms. The molecule has 0 atom stereocenters. The lowest BCUT2D eigenvalue weighted by Crippen LogP contribution is -2.02. The molecular weight excluding hydrogens is 188 g/mol. The molecule has 1 heterocycles. The monoisotopic (exact) mass is 200 g/mol. The topological polar surface area (TPSA) is 38.0 Å². The van der Waals surface area contributed by atoms with Crippen LogP contribution in [-0.2, 0) is 11.3 Å². The van der Waals surface area contributed by atoms with Gasteiger partial charge in [-0.2, -0.15) is 5.26 Å². The van der Waals surface area contributed by atoms with Crippen molar-refractivity contribution in [3.05, 3.63) is 36.0 Å². The number of fused-ring (bicyclic) bond motifs is 1. The number of aromatic nitrogens is 1. The van der Waals surface area contributed by atoms with Gasteiger partial charge in [0, 0.05) is 30.8 Å². The summed E-state index contributed by atoms with van der Waals surface area (Å²) in [5.41, 5.74) is 1.81. The molecule has 0 N–H and O–H groups in total. The number of benzene rings is 1. The van der Waals surface area contributed by atoms with Crippen molar-refractivity contribution in [3.63, 3.8) is 0 Å². The van der Waals surface area contributed by atoms with E-state index in [9.17, 15) is 0 Å². The van der Waals surface area contributed by atoms with Gasteiger partial charge in [-0.3, -0.25) is 0 Å². The molecule has 2 rings (SSSR count). The zero-order valence-electron chi connectivity index (χ0n) is 8.60. The molecule has 3 nitrogen and oxygen atoms in total. The average Bonchev–Trinajstić information content (AvgIpc) is 2.69. The minimum atomic E-state index is 0.681. The molecule has 76 valence electrons. The summed E-state index contributed by atoms with van der Waals surface area (Å²) in [5.74, 6) is 0. The fourth-order valence-corrected chi connectivity index (χ4v) is 1.71. The molecule has 15 heavy (non-hydrogen) atoms. The highest BCUT2D eigenvalue weighted by Crippen LogP contribution is 2.19. The molecule has 0 amide bonds. The first-order chi connectivity index (χ1) is 7.36. The van der Waals surface area contributed by atoms with E-state index in [4.69, 9.17) is 10.00 Å². The van der Waals surface area contributed by atoms with Crippen molar-refractivity contribution < 1.29 is 4.74 Å². The van der Waals surface area contributed by atoms with Gasteiger partial charge in [0.25, 0.3) is 0 Å². The standard InChI is InChI=1S/C12H12N2O/c1-15-8-7-14-6-5-11-10(9-13)3-2-4-12(11)14/h2-6H,7-8H2,1H3. The Bertz CT molecular complexity index is 508. The van der Waals surface area contributed by atoms with Crippen molar-refractivity contribution in [1.82, 2.24) is 4.57 Å². The van der Waals surface area contributed by atoms with Crippen LogP contribution in [0.2, 0.25) is 0 Å². The van der Waals surface area contributed by atoms with Gasteiger partial charge in [-0.05, 0) is 18.2 Å². The SMILES string of the molecule is COCCn1ccc2c(C#N)cccc21. The maximum absolute atomic E-state index is 8.94. The first-order valence-electron chi connectivity index (χ1n) is 4.83. The predicted molar refractivity (Wildman–Crippen MR) is 58.5 cm³/mol. The van der Waals surface area contributed by atoms with E-state index in [0.717, 1.165) is 23.0 Å². The van der Waals surface area contributed by atoms with Crippen LogP contribution in [0.4, 0.5) is 0 Å². The lowest BCUT2D eigenvalue weighted by atomic mass is 10.1. The maximum atomic E-state index is 8.94. The minimum absolute atomic E-state index is 0.681. The van der Waals surface area contributed by atoms with Crippen molar-refractivity contribution >= 4 is 10.9 Å². The number of hydrogen-bond acceptors (Lipinski definition) is 2. The van der Waals surface area contributed by atoms with Crippen LogP contribution in [0, 0.1) is 11.3 Å². The van der Waals surface area contributed by atoms with Gasteiger partial charge < -0.3 is 9.30 Å². The number of rotatable bonds is 3. The number of nitrogens with zero attached hydrogens (tertiary/aromatic N) is 2. The Morgan fingerprint density at radius 3 is 3.00 bits per heavy atom. The smallest absolute Gasteiger partial charge is 0.0998 e. The molecule has 0 fully saturated rings. The van der Waals surface area contributed by atoms with Crippen LogP contribution in [0.5, 0.6) is 0 Å². The van der Waals surface area contributed by atoms with E-state index in [2.05, 4.69) is 10.6 Å². The third-order valence-electron chi connectivity index (χ3n) is 2.47. The summed E-state index contributed by atoms with van der Waals surface area (Å²) >= 11 is 0. The molecule has 0 unspecified atom stereocenters. The highest BCUT2D eigenvalue weighted by molar-refractivity contribution is 5.85. The molecule has 0 aliphatic rings. The number of nitriles is 1. The van der Waals surface area contributed by atoms with Crippen molar-refractivity contribution in [2.45, 2.75) is 6.54 Å². The van der Waals surface area contributed by atoms with Gasteiger partial charge in [-0.1, -0.05) is 6.07 Å². The highest BCUT2D eigenvalue weighted by atomic mass is 16.5. The van der Waals surface area contributed by atoms with Crippen LogP contribution >= 0.6 is 0 Å². The second-order valence-corrected chi connectivity index (χ2v) is 3.35. The summed E-state index contributed by atoms with van der Waals surface area (Å²) in [5, 5.41) is 9.95. The van der Waals surface area contributed by atoms with Crippen molar-refractivity contribution in [2.75, 3.05) is 13.7 Å². The number of hydrogen-bond donors (Lipinski definition) is 0. The number of ether oxygens (including phenoxy) is 1. The van der Waals surface area contributed by atoms with E-state index in [1.807, 2.05) is 30.5 Å². The minimum Gasteiger partial charge on any atom is -0.383 e. The molecule has 0 radical (unpaired) electrons. The van der Waals surface area contributed by atoms with E-state index in [0.29, 0.717) is 6.61 Å². The molecule has 0 saturated heterocycles. The lowest BCUT2D eigenvalue weighted by molar-refractivity contribution is 0.188.